The van der Waals surface area contributed by atoms with Gasteiger partial charge in [0.25, 0.3) is 0 Å². The van der Waals surface area contributed by atoms with Gasteiger partial charge in [-0.2, -0.15) is 10.2 Å². The van der Waals surface area contributed by atoms with Crippen LogP contribution in [0.2, 0.25) is 0 Å². The fourth-order valence-electron chi connectivity index (χ4n) is 1.79. The Kier molecular flexibility index (Phi) is 2.71. The Morgan fingerprint density at radius 2 is 2.24 bits per heavy atom. The number of H-pyrrole nitrogens is 1. The molecule has 0 spiro atoms. The van der Waals surface area contributed by atoms with Crippen LogP contribution in [0.15, 0.2) is 12.4 Å². The summed E-state index contributed by atoms with van der Waals surface area (Å²) >= 11 is 0. The Labute approximate surface area is 98.8 Å². The zero-order valence-electron chi connectivity index (χ0n) is 10.1. The Bertz CT molecular complexity index is 534. The number of aryl methyl sites for hydroxylation is 2. The summed E-state index contributed by atoms with van der Waals surface area (Å²) in [5, 5.41) is 11.2. The van der Waals surface area contributed by atoms with Crippen LogP contribution in [0.3, 0.4) is 0 Å². The predicted molar refractivity (Wildman–Crippen MR) is 63.2 cm³/mol. The smallest absolute Gasteiger partial charge is 0.241 e. The van der Waals surface area contributed by atoms with Crippen molar-refractivity contribution in [3.05, 3.63) is 23.8 Å². The van der Waals surface area contributed by atoms with Crippen molar-refractivity contribution in [3.8, 4) is 11.1 Å². The number of nitrogens with zero attached hydrogens (tertiary/aromatic N) is 3. The molecule has 0 saturated heterocycles. The normalized spacial score (nSPS) is 12.6. The van der Waals surface area contributed by atoms with Crippen LogP contribution in [0.5, 0.6) is 0 Å². The van der Waals surface area contributed by atoms with Crippen LogP contribution in [0.1, 0.15) is 24.4 Å². The topological polar surface area (TPSA) is 89.6 Å². The van der Waals surface area contributed by atoms with Crippen molar-refractivity contribution in [2.45, 2.75) is 26.8 Å². The minimum Gasteiger partial charge on any atom is -0.368 e. The van der Waals surface area contributed by atoms with Crippen LogP contribution in [0, 0.1) is 13.8 Å². The lowest BCUT2D eigenvalue weighted by Crippen LogP contribution is -2.24. The van der Waals surface area contributed by atoms with Gasteiger partial charge in [-0.3, -0.25) is 14.6 Å². The summed E-state index contributed by atoms with van der Waals surface area (Å²) in [4.78, 5) is 11.1. The van der Waals surface area contributed by atoms with E-state index in [0.29, 0.717) is 0 Å². The quantitative estimate of drug-likeness (QED) is 0.826. The Hall–Kier alpha value is -2.11. The van der Waals surface area contributed by atoms with Gasteiger partial charge >= 0.3 is 0 Å². The second-order valence-electron chi connectivity index (χ2n) is 4.10. The molecule has 1 atom stereocenters. The van der Waals surface area contributed by atoms with E-state index in [4.69, 9.17) is 5.73 Å². The van der Waals surface area contributed by atoms with Gasteiger partial charge in [-0.25, -0.2) is 0 Å². The molecule has 0 aliphatic rings. The molecular formula is C11H15N5O. The molecule has 2 aromatic heterocycles. The molecule has 2 aromatic rings. The number of carbonyl (C=O) groups excluding carboxylic acids is 1. The first-order chi connectivity index (χ1) is 8.00. The van der Waals surface area contributed by atoms with Crippen molar-refractivity contribution in [1.82, 2.24) is 20.0 Å². The molecule has 90 valence electrons. The van der Waals surface area contributed by atoms with E-state index in [0.717, 1.165) is 22.5 Å². The highest BCUT2D eigenvalue weighted by atomic mass is 16.1. The summed E-state index contributed by atoms with van der Waals surface area (Å²) in [5.41, 5.74) is 9.08. The molecule has 3 N–H and O–H groups in total. The number of hydrogen-bond acceptors (Lipinski definition) is 3. The number of rotatable bonds is 3. The number of amides is 1. The average Bonchev–Trinajstić information content (AvgIpc) is 2.85. The van der Waals surface area contributed by atoms with E-state index < -0.39 is 11.9 Å². The van der Waals surface area contributed by atoms with E-state index >= 15 is 0 Å². The number of aromatic nitrogens is 4. The van der Waals surface area contributed by atoms with Crippen molar-refractivity contribution in [3.63, 3.8) is 0 Å². The SMILES string of the molecule is Cc1n[nH]c(C)c1-c1cnn(C(C)C(N)=O)c1. The summed E-state index contributed by atoms with van der Waals surface area (Å²) in [6.07, 6.45) is 3.52. The number of primary amides is 1. The van der Waals surface area contributed by atoms with Crippen LogP contribution >= 0.6 is 0 Å². The zero-order valence-corrected chi connectivity index (χ0v) is 10.1. The highest BCUT2D eigenvalue weighted by Crippen LogP contribution is 2.25. The first-order valence-electron chi connectivity index (χ1n) is 5.36. The minimum atomic E-state index is -0.448. The van der Waals surface area contributed by atoms with E-state index in [1.807, 2.05) is 13.8 Å². The van der Waals surface area contributed by atoms with Gasteiger partial charge in [0.1, 0.15) is 6.04 Å². The average molecular weight is 233 g/mol. The summed E-state index contributed by atoms with van der Waals surface area (Å²) in [6, 6.07) is -0.448. The van der Waals surface area contributed by atoms with Crippen molar-refractivity contribution < 1.29 is 4.79 Å². The van der Waals surface area contributed by atoms with Crippen LogP contribution in [-0.2, 0) is 4.79 Å². The molecule has 2 rings (SSSR count). The maximum absolute atomic E-state index is 11.1. The summed E-state index contributed by atoms with van der Waals surface area (Å²) < 4.78 is 1.56. The van der Waals surface area contributed by atoms with Crippen molar-refractivity contribution in [2.24, 2.45) is 5.73 Å². The Balaban J connectivity index is 2.40. The molecule has 0 aliphatic carbocycles. The second-order valence-corrected chi connectivity index (χ2v) is 4.10. The van der Waals surface area contributed by atoms with E-state index in [-0.39, 0.29) is 0 Å². The molecule has 1 amide bonds. The number of nitrogens with one attached hydrogen (secondary N) is 1. The van der Waals surface area contributed by atoms with Gasteiger partial charge in [0.15, 0.2) is 0 Å². The lowest BCUT2D eigenvalue weighted by molar-refractivity contribution is -0.120. The largest absolute Gasteiger partial charge is 0.368 e. The van der Waals surface area contributed by atoms with Crippen LogP contribution in [-0.4, -0.2) is 25.9 Å². The standard InChI is InChI=1S/C11H15N5O/c1-6-10(7(2)15-14-6)9-4-13-16(5-9)8(3)11(12)17/h4-5,8H,1-3H3,(H2,12,17)(H,14,15). The first-order valence-corrected chi connectivity index (χ1v) is 5.36. The lowest BCUT2D eigenvalue weighted by atomic mass is 10.1. The van der Waals surface area contributed by atoms with E-state index in [9.17, 15) is 4.79 Å². The van der Waals surface area contributed by atoms with Gasteiger partial charge in [0.2, 0.25) is 5.91 Å². The molecule has 1 unspecified atom stereocenters. The predicted octanol–water partition coefficient (Wildman–Crippen LogP) is 0.936. The molecule has 0 radical (unpaired) electrons. The van der Waals surface area contributed by atoms with Gasteiger partial charge < -0.3 is 5.73 Å². The monoisotopic (exact) mass is 233 g/mol. The van der Waals surface area contributed by atoms with Crippen molar-refractivity contribution in [1.29, 1.82) is 0 Å². The minimum absolute atomic E-state index is 0.403. The molecule has 0 fully saturated rings. The third-order valence-electron chi connectivity index (χ3n) is 2.83. The van der Waals surface area contributed by atoms with Gasteiger partial charge in [-0.15, -0.1) is 0 Å². The molecule has 6 heteroatoms. The Morgan fingerprint density at radius 1 is 1.53 bits per heavy atom. The molecular weight excluding hydrogens is 218 g/mol. The first kappa shape index (κ1) is 11.4. The fourth-order valence-corrected chi connectivity index (χ4v) is 1.79. The number of hydrogen-bond donors (Lipinski definition) is 2. The van der Waals surface area contributed by atoms with Crippen molar-refractivity contribution >= 4 is 5.91 Å². The maximum Gasteiger partial charge on any atom is 0.241 e. The number of aromatic amines is 1. The van der Waals surface area contributed by atoms with Crippen molar-refractivity contribution in [2.75, 3.05) is 0 Å². The molecule has 0 aliphatic heterocycles. The molecule has 0 saturated carbocycles. The third-order valence-corrected chi connectivity index (χ3v) is 2.83. The molecule has 2 heterocycles. The molecule has 17 heavy (non-hydrogen) atoms. The van der Waals surface area contributed by atoms with Gasteiger partial charge in [0.05, 0.1) is 11.9 Å². The van der Waals surface area contributed by atoms with Gasteiger partial charge in [0, 0.05) is 23.0 Å². The summed E-state index contributed by atoms with van der Waals surface area (Å²) in [5.74, 6) is -0.403. The highest BCUT2D eigenvalue weighted by molar-refractivity contribution is 5.78. The maximum atomic E-state index is 11.1. The second kappa shape index (κ2) is 4.04. The van der Waals surface area contributed by atoms with Crippen LogP contribution < -0.4 is 5.73 Å². The zero-order chi connectivity index (χ0) is 12.6. The van der Waals surface area contributed by atoms with Gasteiger partial charge in [-0.05, 0) is 20.8 Å². The van der Waals surface area contributed by atoms with Crippen LogP contribution in [0.4, 0.5) is 0 Å². The summed E-state index contributed by atoms with van der Waals surface area (Å²) in [7, 11) is 0. The number of nitrogens with two attached hydrogens (primary N) is 1. The van der Waals surface area contributed by atoms with Gasteiger partial charge in [-0.1, -0.05) is 0 Å². The van der Waals surface area contributed by atoms with E-state index in [1.165, 1.54) is 0 Å². The molecule has 0 bridgehead atoms. The molecule has 0 aromatic carbocycles. The number of carbonyl (C=O) groups is 1. The highest BCUT2D eigenvalue weighted by Gasteiger charge is 2.15. The lowest BCUT2D eigenvalue weighted by Gasteiger charge is -2.06. The third kappa shape index (κ3) is 1.93. The molecule has 6 nitrogen and oxygen atoms in total. The van der Waals surface area contributed by atoms with E-state index in [1.54, 1.807) is 24.0 Å². The van der Waals surface area contributed by atoms with Crippen LogP contribution in [0.25, 0.3) is 11.1 Å². The fraction of sp³-hybridized carbons (Fsp3) is 0.364. The Morgan fingerprint density at radius 3 is 2.76 bits per heavy atom. The summed E-state index contributed by atoms with van der Waals surface area (Å²) in [6.45, 7) is 5.59. The van der Waals surface area contributed by atoms with E-state index in [2.05, 4.69) is 15.3 Å².